The van der Waals surface area contributed by atoms with Crippen molar-refractivity contribution >= 4 is 58.0 Å². The van der Waals surface area contributed by atoms with Gasteiger partial charge in [0.1, 0.15) is 24.8 Å². The molecule has 2 aliphatic heterocycles. The SMILES string of the molecule is COC(=O)c1ccc2c(c1)OCCOCc1[nH]ncc1-c1cc3c(nn(Cn4ncc5c4OCCCOc4ccc(C(=O)NCCCN(C)C)cc4/C=C/c4n[nH]c6cnc-5cc46)c3cn1)C=C2. The molecular weight excluding hydrogens is 869 g/mol. The van der Waals surface area contributed by atoms with E-state index in [4.69, 9.17) is 43.8 Å². The first-order valence-electron chi connectivity index (χ1n) is 22.2. The summed E-state index contributed by atoms with van der Waals surface area (Å²) in [7, 11) is 5.36. The van der Waals surface area contributed by atoms with Crippen molar-refractivity contribution in [1.29, 1.82) is 0 Å². The van der Waals surface area contributed by atoms with Crippen molar-refractivity contribution in [3.8, 4) is 39.9 Å². The van der Waals surface area contributed by atoms with Crippen LogP contribution in [-0.2, 0) is 22.7 Å². The monoisotopic (exact) mass is 916 g/mol. The van der Waals surface area contributed by atoms with Crippen LogP contribution in [0.4, 0.5) is 0 Å². The van der Waals surface area contributed by atoms with Crippen LogP contribution >= 0.6 is 0 Å². The van der Waals surface area contributed by atoms with Crippen LogP contribution in [0.3, 0.4) is 0 Å². The van der Waals surface area contributed by atoms with Gasteiger partial charge in [-0.3, -0.25) is 25.0 Å². The molecule has 0 saturated carbocycles. The number of pyridine rings is 2. The molecule has 19 nitrogen and oxygen atoms in total. The predicted molar refractivity (Wildman–Crippen MR) is 254 cm³/mol. The van der Waals surface area contributed by atoms with E-state index in [0.29, 0.717) is 89.6 Å². The number of ether oxygens (including phenoxy) is 5. The Kier molecular flexibility index (Phi) is 12.4. The fourth-order valence-corrected chi connectivity index (χ4v) is 8.08. The summed E-state index contributed by atoms with van der Waals surface area (Å²) in [6.07, 6.45) is 16.0. The normalized spacial score (nSPS) is 14.3. The van der Waals surface area contributed by atoms with Gasteiger partial charge in [0.2, 0.25) is 5.88 Å². The molecule has 0 fully saturated rings. The molecule has 8 aromatic rings. The van der Waals surface area contributed by atoms with E-state index in [2.05, 4.69) is 30.6 Å². The number of nitrogens with one attached hydrogen (secondary N) is 3. The van der Waals surface area contributed by atoms with E-state index in [9.17, 15) is 9.59 Å². The van der Waals surface area contributed by atoms with Crippen molar-refractivity contribution in [3.05, 3.63) is 113 Å². The number of aromatic nitrogens is 10. The maximum Gasteiger partial charge on any atom is 0.337 e. The highest BCUT2D eigenvalue weighted by Crippen LogP contribution is 2.34. The minimum absolute atomic E-state index is 0.147. The topological polar surface area (TPSA) is 214 Å². The van der Waals surface area contributed by atoms with Crippen LogP contribution in [0.15, 0.2) is 73.3 Å². The van der Waals surface area contributed by atoms with E-state index in [-0.39, 0.29) is 25.8 Å². The highest BCUT2D eigenvalue weighted by atomic mass is 16.5. The third-order valence-electron chi connectivity index (χ3n) is 11.6. The average Bonchev–Trinajstić information content (AvgIpc) is 4.16. The molecule has 8 heterocycles. The predicted octanol–water partition coefficient (Wildman–Crippen LogP) is 6.34. The Morgan fingerprint density at radius 2 is 1.59 bits per heavy atom. The zero-order valence-electron chi connectivity index (χ0n) is 37.7. The van der Waals surface area contributed by atoms with Crippen LogP contribution in [-0.4, -0.2) is 127 Å². The third-order valence-corrected chi connectivity index (χ3v) is 11.6. The Bertz CT molecular complexity index is 3220. The fourth-order valence-electron chi connectivity index (χ4n) is 8.08. The second-order valence-corrected chi connectivity index (χ2v) is 16.5. The van der Waals surface area contributed by atoms with Gasteiger partial charge in [-0.2, -0.15) is 20.4 Å². The van der Waals surface area contributed by atoms with Gasteiger partial charge in [-0.05, 0) is 93.8 Å². The molecule has 19 heteroatoms. The molecule has 3 N–H and O–H groups in total. The third kappa shape index (κ3) is 9.16. The first-order chi connectivity index (χ1) is 33.3. The summed E-state index contributed by atoms with van der Waals surface area (Å²) in [6.45, 7) is 3.03. The minimum atomic E-state index is -0.471. The first kappa shape index (κ1) is 43.7. The van der Waals surface area contributed by atoms with Crippen molar-refractivity contribution in [3.63, 3.8) is 0 Å². The van der Waals surface area contributed by atoms with Crippen molar-refractivity contribution in [2.75, 3.05) is 60.7 Å². The first-order valence-corrected chi connectivity index (χ1v) is 22.2. The van der Waals surface area contributed by atoms with E-state index >= 15 is 0 Å². The Hall–Kier alpha value is -8.16. The number of nitrogens with zero attached hydrogens (tertiary/aromatic N) is 9. The van der Waals surface area contributed by atoms with Gasteiger partial charge in [0.25, 0.3) is 5.91 Å². The molecule has 4 bridgehead atoms. The number of H-pyrrole nitrogens is 2. The number of carbonyl (C=O) groups is 2. The van der Waals surface area contributed by atoms with Gasteiger partial charge < -0.3 is 33.9 Å². The second-order valence-electron chi connectivity index (χ2n) is 16.5. The van der Waals surface area contributed by atoms with Gasteiger partial charge in [0, 0.05) is 46.0 Å². The van der Waals surface area contributed by atoms with Crippen LogP contribution in [0.1, 0.15) is 61.8 Å². The molecule has 0 aliphatic carbocycles. The van der Waals surface area contributed by atoms with E-state index in [1.165, 1.54) is 7.11 Å². The summed E-state index contributed by atoms with van der Waals surface area (Å²) in [4.78, 5) is 37.4. The van der Waals surface area contributed by atoms with Gasteiger partial charge in [-0.15, -0.1) is 0 Å². The molecule has 0 saturated heterocycles. The van der Waals surface area contributed by atoms with Gasteiger partial charge in [-0.1, -0.05) is 6.07 Å². The number of amides is 1. The molecule has 68 heavy (non-hydrogen) atoms. The molecule has 2 aliphatic rings. The van der Waals surface area contributed by atoms with Gasteiger partial charge in [0.05, 0.1) is 109 Å². The summed E-state index contributed by atoms with van der Waals surface area (Å²) in [5, 5.41) is 29.7. The smallest absolute Gasteiger partial charge is 0.337 e. The molecule has 0 unspecified atom stereocenters. The number of hydrogen-bond acceptors (Lipinski definition) is 14. The molecular formula is C49H48N12O7. The highest BCUT2D eigenvalue weighted by molar-refractivity contribution is 5.97. The molecule has 10 rings (SSSR count). The maximum atomic E-state index is 13.2. The van der Waals surface area contributed by atoms with E-state index < -0.39 is 5.97 Å². The van der Waals surface area contributed by atoms with Crippen LogP contribution < -0.4 is 19.5 Å². The Labute approximate surface area is 389 Å². The van der Waals surface area contributed by atoms with Crippen LogP contribution in [0, 0.1) is 0 Å². The summed E-state index contributed by atoms with van der Waals surface area (Å²) in [5.74, 6) is 0.989. The summed E-state index contributed by atoms with van der Waals surface area (Å²) < 4.78 is 33.6. The summed E-state index contributed by atoms with van der Waals surface area (Å²) in [5.41, 5.74) is 8.76. The van der Waals surface area contributed by atoms with E-state index in [0.717, 1.165) is 57.2 Å². The van der Waals surface area contributed by atoms with Gasteiger partial charge >= 0.3 is 5.97 Å². The molecule has 0 spiro atoms. The number of fused-ring (bicyclic) bond motifs is 8. The van der Waals surface area contributed by atoms with Gasteiger partial charge in [-0.25, -0.2) is 14.2 Å². The number of rotatable bonds is 8. The lowest BCUT2D eigenvalue weighted by Crippen LogP contribution is -2.27. The number of aromatic amines is 2. The average molecular weight is 917 g/mol. The Balaban J connectivity index is 0.991. The lowest BCUT2D eigenvalue weighted by atomic mass is 10.1. The molecule has 6 aromatic heterocycles. The molecule has 1 amide bonds. The van der Waals surface area contributed by atoms with Crippen molar-refractivity contribution in [2.45, 2.75) is 26.1 Å². The largest absolute Gasteiger partial charge is 0.493 e. The number of benzene rings is 2. The van der Waals surface area contributed by atoms with Crippen molar-refractivity contribution in [1.82, 2.24) is 60.1 Å². The number of carbonyl (C=O) groups excluding carboxylic acids is 2. The van der Waals surface area contributed by atoms with Crippen molar-refractivity contribution < 1.29 is 33.3 Å². The standard InChI is InChI=1S/C49H48N12O7/c1-59(2)15-4-14-50-47(62)32-10-13-45-31(20-32)9-11-38-34-22-41(51-26-42(34)57-56-38)37-25-54-61(48(37)68-17-5-16-66-45)29-60-44-27-52-40-23-35(44)39(58-60)12-8-30-6-7-33(49(63)64-3)21-46(30)67-19-18-65-28-43-36(40)24-53-55-43/h6-13,20-27H,4-5,14-19,28-29H2,1-3H3,(H,50,62)(H,53,55)(H,56,57)/b11-9+,12-8?. The van der Waals surface area contributed by atoms with Crippen molar-refractivity contribution in [2.24, 2.45) is 0 Å². The van der Waals surface area contributed by atoms with Crippen LogP contribution in [0.2, 0.25) is 0 Å². The number of esters is 1. The van der Waals surface area contributed by atoms with E-state index in [1.54, 1.807) is 47.7 Å². The quantitative estimate of drug-likeness (QED) is 0.112. The fraction of sp³-hybridized carbons (Fsp3) is 0.265. The van der Waals surface area contributed by atoms with Gasteiger partial charge in [0.15, 0.2) is 0 Å². The van der Waals surface area contributed by atoms with E-state index in [1.807, 2.05) is 73.4 Å². The summed E-state index contributed by atoms with van der Waals surface area (Å²) >= 11 is 0. The number of methoxy groups -OCH3 is 1. The zero-order valence-corrected chi connectivity index (χ0v) is 37.7. The Morgan fingerprint density at radius 1 is 0.779 bits per heavy atom. The molecule has 346 valence electrons. The second kappa shape index (κ2) is 19.4. The molecule has 0 radical (unpaired) electrons. The molecule has 2 aromatic carbocycles. The minimum Gasteiger partial charge on any atom is -0.493 e. The highest BCUT2D eigenvalue weighted by Gasteiger charge is 2.22. The van der Waals surface area contributed by atoms with Crippen LogP contribution in [0.5, 0.6) is 17.4 Å². The number of hydrogen-bond donors (Lipinski definition) is 3. The summed E-state index contributed by atoms with van der Waals surface area (Å²) in [6, 6.07) is 14.6. The van der Waals surface area contributed by atoms with Crippen LogP contribution in [0.25, 0.3) is 68.6 Å². The lowest BCUT2D eigenvalue weighted by Gasteiger charge is -2.14. The zero-order chi connectivity index (χ0) is 46.6. The Morgan fingerprint density at radius 3 is 2.49 bits per heavy atom. The molecule has 0 atom stereocenters. The lowest BCUT2D eigenvalue weighted by molar-refractivity contribution is 0.0599. The maximum absolute atomic E-state index is 13.2.